The normalized spacial score (nSPS) is 15.2. The average molecular weight is 579 g/mol. The first-order valence-electron chi connectivity index (χ1n) is 12.6. The van der Waals surface area contributed by atoms with Crippen LogP contribution in [0.5, 0.6) is 11.5 Å². The highest BCUT2D eigenvalue weighted by Gasteiger charge is 2.38. The van der Waals surface area contributed by atoms with Gasteiger partial charge in [0.2, 0.25) is 5.13 Å². The Balaban J connectivity index is 1.44. The molecule has 0 unspecified atom stereocenters. The van der Waals surface area contributed by atoms with Crippen LogP contribution in [0.3, 0.4) is 0 Å². The molecule has 1 amide bonds. The molecule has 1 aromatic heterocycles. The molecule has 1 N–H and O–H groups in total. The van der Waals surface area contributed by atoms with Crippen LogP contribution in [0.1, 0.15) is 31.9 Å². The lowest BCUT2D eigenvalue weighted by atomic mass is 9.86. The molecule has 0 saturated carbocycles. The minimum absolute atomic E-state index is 0.138. The van der Waals surface area contributed by atoms with E-state index in [1.807, 2.05) is 43.3 Å². The Labute approximate surface area is 237 Å². The molecule has 0 saturated heterocycles. The van der Waals surface area contributed by atoms with Gasteiger partial charge in [-0.15, -0.1) is 10.2 Å². The van der Waals surface area contributed by atoms with Crippen molar-refractivity contribution in [3.8, 4) is 22.1 Å². The Morgan fingerprint density at radius 2 is 1.75 bits per heavy atom. The quantitative estimate of drug-likeness (QED) is 0.326. The van der Waals surface area contributed by atoms with E-state index in [1.54, 1.807) is 37.4 Å². The molecule has 5 rings (SSSR count). The van der Waals surface area contributed by atoms with Gasteiger partial charge < -0.3 is 9.47 Å². The third kappa shape index (κ3) is 5.52. The number of nitrogens with zero attached hydrogens (tertiary/aromatic N) is 3. The molecule has 2 heterocycles. The van der Waals surface area contributed by atoms with Crippen LogP contribution >= 0.6 is 11.3 Å². The average Bonchev–Trinajstić information content (AvgIpc) is 3.40. The Kier molecular flexibility index (Phi) is 7.28. The van der Waals surface area contributed by atoms with Crippen LogP contribution in [-0.2, 0) is 20.2 Å². The monoisotopic (exact) mass is 578 g/mol. The van der Waals surface area contributed by atoms with E-state index in [0.717, 1.165) is 22.4 Å². The third-order valence-electron chi connectivity index (χ3n) is 6.59. The van der Waals surface area contributed by atoms with Gasteiger partial charge in [0.1, 0.15) is 16.5 Å². The molecule has 1 aliphatic heterocycles. The number of carbonyl (C=O) groups excluding carboxylic acids is 1. The lowest BCUT2D eigenvalue weighted by molar-refractivity contribution is -0.122. The van der Waals surface area contributed by atoms with Gasteiger partial charge in [0, 0.05) is 5.56 Å². The zero-order valence-electron chi connectivity index (χ0n) is 22.8. The van der Waals surface area contributed by atoms with Crippen molar-refractivity contribution in [2.24, 2.45) is 0 Å². The van der Waals surface area contributed by atoms with E-state index >= 15 is 0 Å². The Morgan fingerprint density at radius 1 is 1.05 bits per heavy atom. The lowest BCUT2D eigenvalue weighted by Crippen LogP contribution is -2.49. The van der Waals surface area contributed by atoms with Crippen molar-refractivity contribution in [1.82, 2.24) is 10.2 Å². The molecule has 1 aliphatic rings. The zero-order valence-corrected chi connectivity index (χ0v) is 24.5. The van der Waals surface area contributed by atoms with E-state index in [2.05, 4.69) is 36.3 Å². The number of hydrogen-bond acceptors (Lipinski definition) is 8. The van der Waals surface area contributed by atoms with Crippen LogP contribution in [0.15, 0.2) is 71.6 Å². The molecular weight excluding hydrogens is 548 g/mol. The highest BCUT2D eigenvalue weighted by Crippen LogP contribution is 2.40. The summed E-state index contributed by atoms with van der Waals surface area (Å²) in [5, 5.41) is 11.9. The number of aryl methyl sites for hydroxylation is 1. The zero-order chi connectivity index (χ0) is 28.7. The number of aromatic nitrogens is 2. The first-order valence-corrected chi connectivity index (χ1v) is 14.9. The van der Waals surface area contributed by atoms with E-state index in [0.29, 0.717) is 16.4 Å². The number of hydrogen-bond donors (Lipinski definition) is 1. The third-order valence-corrected chi connectivity index (χ3v) is 9.27. The summed E-state index contributed by atoms with van der Waals surface area (Å²) in [5.74, 6) is 0.509. The van der Waals surface area contributed by atoms with E-state index in [-0.39, 0.29) is 22.0 Å². The van der Waals surface area contributed by atoms with Gasteiger partial charge in [-0.05, 0) is 66.4 Å². The van der Waals surface area contributed by atoms with Gasteiger partial charge in [-0.1, -0.05) is 55.9 Å². The maximum Gasteiger partial charge on any atom is 0.269 e. The number of sulfonamides is 1. The minimum atomic E-state index is -3.99. The number of methoxy groups -OCH3 is 1. The number of rotatable bonds is 6. The van der Waals surface area contributed by atoms with Crippen molar-refractivity contribution < 1.29 is 22.7 Å². The first-order chi connectivity index (χ1) is 19.0. The van der Waals surface area contributed by atoms with Gasteiger partial charge in [0.05, 0.1) is 24.2 Å². The van der Waals surface area contributed by atoms with Gasteiger partial charge >= 0.3 is 0 Å². The summed E-state index contributed by atoms with van der Waals surface area (Å²) in [6.45, 7) is 7.85. The predicted octanol–water partition coefficient (Wildman–Crippen LogP) is 5.41. The number of ether oxygens (including phenoxy) is 2. The summed E-state index contributed by atoms with van der Waals surface area (Å²) in [5.41, 5.74) is 2.89. The molecule has 40 heavy (non-hydrogen) atoms. The molecule has 11 heteroatoms. The summed E-state index contributed by atoms with van der Waals surface area (Å²) < 4.78 is 40.2. The molecule has 0 bridgehead atoms. The molecule has 3 aromatic carbocycles. The van der Waals surface area contributed by atoms with Gasteiger partial charge in [0.15, 0.2) is 6.10 Å². The van der Waals surface area contributed by atoms with E-state index in [4.69, 9.17) is 9.47 Å². The minimum Gasteiger partial charge on any atom is -0.497 e. The number of carbonyl (C=O) groups is 1. The van der Waals surface area contributed by atoms with E-state index < -0.39 is 22.0 Å². The standard InChI is InChI=1S/C29H30N4O5S2/c1-18-6-13-22(14-7-18)40(35,36)33-17-25(38-24-15-10-20(16-23(24)33)29(2,3)4)26(34)30-28-32-31-27(39-28)19-8-11-21(37-5)12-9-19/h6-16,25H,17H2,1-5H3,(H,30,32,34)/t25-/m0/s1. The number of fused-ring (bicyclic) bond motifs is 1. The predicted molar refractivity (Wildman–Crippen MR) is 156 cm³/mol. The molecule has 9 nitrogen and oxygen atoms in total. The fourth-order valence-electron chi connectivity index (χ4n) is 4.23. The number of amides is 1. The largest absolute Gasteiger partial charge is 0.497 e. The number of nitrogens with one attached hydrogen (secondary N) is 1. The van der Waals surface area contributed by atoms with Gasteiger partial charge in [-0.3, -0.25) is 14.4 Å². The molecular formula is C29H30N4O5S2. The second kappa shape index (κ2) is 10.5. The second-order valence-corrected chi connectivity index (χ2v) is 13.4. The molecule has 0 fully saturated rings. The highest BCUT2D eigenvalue weighted by molar-refractivity contribution is 7.92. The summed E-state index contributed by atoms with van der Waals surface area (Å²) in [7, 11) is -2.40. The van der Waals surface area contributed by atoms with E-state index in [9.17, 15) is 13.2 Å². The van der Waals surface area contributed by atoms with Crippen LogP contribution in [-0.4, -0.2) is 44.3 Å². The van der Waals surface area contributed by atoms with Gasteiger partial charge in [0.25, 0.3) is 15.9 Å². The lowest BCUT2D eigenvalue weighted by Gasteiger charge is -2.35. The van der Waals surface area contributed by atoms with Gasteiger partial charge in [-0.25, -0.2) is 8.42 Å². The molecule has 208 valence electrons. The van der Waals surface area contributed by atoms with Crippen LogP contribution in [0.2, 0.25) is 0 Å². The molecule has 0 aliphatic carbocycles. The Bertz CT molecular complexity index is 1640. The van der Waals surface area contributed by atoms with Crippen LogP contribution < -0.4 is 19.1 Å². The topological polar surface area (TPSA) is 111 Å². The van der Waals surface area contributed by atoms with Crippen molar-refractivity contribution in [2.75, 3.05) is 23.3 Å². The van der Waals surface area contributed by atoms with Crippen molar-refractivity contribution in [1.29, 1.82) is 0 Å². The second-order valence-electron chi connectivity index (χ2n) is 10.5. The van der Waals surface area contributed by atoms with Gasteiger partial charge in [-0.2, -0.15) is 0 Å². The number of benzene rings is 3. The summed E-state index contributed by atoms with van der Waals surface area (Å²) in [4.78, 5) is 13.5. The van der Waals surface area contributed by atoms with Crippen molar-refractivity contribution in [3.63, 3.8) is 0 Å². The molecule has 0 radical (unpaired) electrons. The molecule has 0 spiro atoms. The molecule has 1 atom stereocenters. The molecule has 4 aromatic rings. The van der Waals surface area contributed by atoms with E-state index in [1.165, 1.54) is 15.6 Å². The summed E-state index contributed by atoms with van der Waals surface area (Å²) in [6, 6.07) is 19.4. The SMILES string of the molecule is COc1ccc(-c2nnc(NC(=O)[C@@H]3CN(S(=O)(=O)c4ccc(C)cc4)c4cc(C(C)(C)C)ccc4O3)s2)cc1. The summed E-state index contributed by atoms with van der Waals surface area (Å²) in [6.07, 6.45) is -1.11. The first kappa shape index (κ1) is 27.6. The van der Waals surface area contributed by atoms with Crippen molar-refractivity contribution in [2.45, 2.75) is 44.1 Å². The summed E-state index contributed by atoms with van der Waals surface area (Å²) >= 11 is 1.20. The van der Waals surface area contributed by atoms with Crippen LogP contribution in [0, 0.1) is 6.92 Å². The number of anilines is 2. The maximum absolute atomic E-state index is 13.9. The fraction of sp³-hybridized carbons (Fsp3) is 0.276. The Morgan fingerprint density at radius 3 is 2.40 bits per heavy atom. The van der Waals surface area contributed by atoms with Crippen LogP contribution in [0.25, 0.3) is 10.6 Å². The van der Waals surface area contributed by atoms with Crippen molar-refractivity contribution >= 4 is 38.1 Å². The Hall–Kier alpha value is -3.96. The fourth-order valence-corrected chi connectivity index (χ4v) is 6.45. The maximum atomic E-state index is 13.9. The highest BCUT2D eigenvalue weighted by atomic mass is 32.2. The van der Waals surface area contributed by atoms with Crippen molar-refractivity contribution in [3.05, 3.63) is 77.9 Å². The smallest absolute Gasteiger partial charge is 0.269 e. The van der Waals surface area contributed by atoms with Crippen LogP contribution in [0.4, 0.5) is 10.8 Å².